The van der Waals surface area contributed by atoms with Crippen LogP contribution in [-0.4, -0.2) is 17.7 Å². The Morgan fingerprint density at radius 2 is 2.06 bits per heavy atom. The normalized spacial score (nSPS) is 18.4. The van der Waals surface area contributed by atoms with Gasteiger partial charge < -0.3 is 4.90 Å². The Labute approximate surface area is 106 Å². The fourth-order valence-electron chi connectivity index (χ4n) is 2.00. The smallest absolute Gasteiger partial charge is 0.184 e. The Kier molecular flexibility index (Phi) is 3.07. The first-order valence-electron chi connectivity index (χ1n) is 5.41. The minimum Gasteiger partial charge on any atom is -0.351 e. The van der Waals surface area contributed by atoms with Gasteiger partial charge in [-0.3, -0.25) is 4.79 Å². The zero-order valence-corrected chi connectivity index (χ0v) is 10.7. The highest BCUT2D eigenvalue weighted by Gasteiger charge is 2.30. The maximum Gasteiger partial charge on any atom is 0.184 e. The van der Waals surface area contributed by atoms with Crippen molar-refractivity contribution < 1.29 is 4.79 Å². The summed E-state index contributed by atoms with van der Waals surface area (Å²) in [5, 5.41) is 0.573. The number of hydrogen-bond acceptors (Lipinski definition) is 2. The van der Waals surface area contributed by atoms with Crippen molar-refractivity contribution in [3.05, 3.63) is 52.7 Å². The SMILES string of the molecule is C=C(C)C(=O)C1c2ccccc2C=C(Cl)N1C. The van der Waals surface area contributed by atoms with E-state index in [1.54, 1.807) is 11.8 Å². The number of carbonyl (C=O) groups excluding carboxylic acids is 1. The van der Waals surface area contributed by atoms with Crippen LogP contribution in [0.4, 0.5) is 0 Å². The number of fused-ring (bicyclic) bond motifs is 1. The summed E-state index contributed by atoms with van der Waals surface area (Å²) in [6.07, 6.45) is 1.87. The molecule has 0 N–H and O–H groups in total. The van der Waals surface area contributed by atoms with Gasteiger partial charge in [0.2, 0.25) is 0 Å². The molecule has 0 aromatic heterocycles. The molecular formula is C14H14ClNO. The van der Waals surface area contributed by atoms with E-state index in [0.717, 1.165) is 11.1 Å². The molecular weight excluding hydrogens is 234 g/mol. The first-order chi connectivity index (χ1) is 8.02. The van der Waals surface area contributed by atoms with Crippen molar-refractivity contribution in [2.24, 2.45) is 0 Å². The molecule has 2 nitrogen and oxygen atoms in total. The van der Waals surface area contributed by atoms with E-state index in [1.165, 1.54) is 0 Å². The molecule has 0 saturated heterocycles. The molecule has 2 rings (SSSR count). The molecule has 0 fully saturated rings. The second-order valence-electron chi connectivity index (χ2n) is 4.25. The molecule has 1 aromatic rings. The lowest BCUT2D eigenvalue weighted by atomic mass is 9.91. The first-order valence-corrected chi connectivity index (χ1v) is 5.79. The lowest BCUT2D eigenvalue weighted by Gasteiger charge is -2.33. The maximum absolute atomic E-state index is 12.2. The highest BCUT2D eigenvalue weighted by molar-refractivity contribution is 6.31. The Balaban J connectivity index is 2.56. The van der Waals surface area contributed by atoms with Gasteiger partial charge >= 0.3 is 0 Å². The van der Waals surface area contributed by atoms with E-state index in [2.05, 4.69) is 6.58 Å². The molecule has 0 spiro atoms. The Morgan fingerprint density at radius 3 is 2.71 bits per heavy atom. The summed E-state index contributed by atoms with van der Waals surface area (Å²) < 4.78 is 0. The van der Waals surface area contributed by atoms with Gasteiger partial charge in [-0.1, -0.05) is 42.4 Å². The number of benzene rings is 1. The van der Waals surface area contributed by atoms with Crippen LogP contribution in [0.2, 0.25) is 0 Å². The van der Waals surface area contributed by atoms with Crippen LogP contribution < -0.4 is 0 Å². The number of carbonyl (C=O) groups is 1. The number of ketones is 1. The summed E-state index contributed by atoms with van der Waals surface area (Å²) in [5.74, 6) is 0.00574. The third-order valence-corrected chi connectivity index (χ3v) is 3.33. The summed E-state index contributed by atoms with van der Waals surface area (Å²) in [6, 6.07) is 7.42. The van der Waals surface area contributed by atoms with Crippen molar-refractivity contribution in [3.63, 3.8) is 0 Å². The number of nitrogens with zero attached hydrogens (tertiary/aromatic N) is 1. The molecule has 0 aliphatic carbocycles. The van der Waals surface area contributed by atoms with Crippen molar-refractivity contribution in [3.8, 4) is 0 Å². The van der Waals surface area contributed by atoms with E-state index in [9.17, 15) is 4.79 Å². The van der Waals surface area contributed by atoms with Gasteiger partial charge in [-0.05, 0) is 29.7 Å². The van der Waals surface area contributed by atoms with Gasteiger partial charge in [0.1, 0.15) is 11.2 Å². The zero-order chi connectivity index (χ0) is 12.6. The van der Waals surface area contributed by atoms with Gasteiger partial charge in [-0.2, -0.15) is 0 Å². The van der Waals surface area contributed by atoms with Crippen molar-refractivity contribution >= 4 is 23.5 Å². The number of Topliss-reactive ketones (excluding diaryl/α,β-unsaturated/α-hetero) is 1. The fraction of sp³-hybridized carbons (Fsp3) is 0.214. The molecule has 1 unspecified atom stereocenters. The number of hydrogen-bond donors (Lipinski definition) is 0. The summed E-state index contributed by atoms with van der Waals surface area (Å²) in [4.78, 5) is 14.0. The quantitative estimate of drug-likeness (QED) is 0.590. The van der Waals surface area contributed by atoms with Crippen molar-refractivity contribution in [2.75, 3.05) is 7.05 Å². The summed E-state index contributed by atoms with van der Waals surface area (Å²) in [5.41, 5.74) is 2.52. The van der Waals surface area contributed by atoms with Gasteiger partial charge in [0.15, 0.2) is 5.78 Å². The highest BCUT2D eigenvalue weighted by Crippen LogP contribution is 2.35. The van der Waals surface area contributed by atoms with E-state index in [0.29, 0.717) is 10.7 Å². The molecule has 1 aliphatic heterocycles. The maximum atomic E-state index is 12.2. The topological polar surface area (TPSA) is 20.3 Å². The van der Waals surface area contributed by atoms with Crippen LogP contribution in [0.3, 0.4) is 0 Å². The molecule has 1 aliphatic rings. The molecule has 0 amide bonds. The molecule has 1 atom stereocenters. The number of likely N-dealkylation sites (N-methyl/N-ethyl adjacent to an activating group) is 1. The Hall–Kier alpha value is -1.54. The predicted octanol–water partition coefficient (Wildman–Crippen LogP) is 3.36. The molecule has 3 heteroatoms. The van der Waals surface area contributed by atoms with Gasteiger partial charge in [0.25, 0.3) is 0 Å². The molecule has 1 heterocycles. The molecule has 88 valence electrons. The highest BCUT2D eigenvalue weighted by atomic mass is 35.5. The largest absolute Gasteiger partial charge is 0.351 e. The van der Waals surface area contributed by atoms with Crippen LogP contribution in [0.25, 0.3) is 6.08 Å². The second kappa shape index (κ2) is 4.38. The van der Waals surface area contributed by atoms with Crippen molar-refractivity contribution in [1.82, 2.24) is 4.90 Å². The standard InChI is InChI=1S/C14H14ClNO/c1-9(2)14(17)13-11-7-5-4-6-10(11)8-12(15)16(13)3/h4-8,13H,1H2,2-3H3. The summed E-state index contributed by atoms with van der Waals surface area (Å²) in [6.45, 7) is 5.45. The van der Waals surface area contributed by atoms with Crippen LogP contribution in [0.5, 0.6) is 0 Å². The van der Waals surface area contributed by atoms with Crippen LogP contribution in [0, 0.1) is 0 Å². The van der Waals surface area contributed by atoms with Crippen molar-refractivity contribution in [1.29, 1.82) is 0 Å². The van der Waals surface area contributed by atoms with E-state index in [-0.39, 0.29) is 11.8 Å². The van der Waals surface area contributed by atoms with Crippen LogP contribution in [-0.2, 0) is 4.79 Å². The molecule has 17 heavy (non-hydrogen) atoms. The molecule has 0 radical (unpaired) electrons. The predicted molar refractivity (Wildman–Crippen MR) is 70.6 cm³/mol. The van der Waals surface area contributed by atoms with Crippen LogP contribution >= 0.6 is 11.6 Å². The van der Waals surface area contributed by atoms with E-state index in [1.807, 2.05) is 37.4 Å². The van der Waals surface area contributed by atoms with Gasteiger partial charge in [0.05, 0.1) is 0 Å². The van der Waals surface area contributed by atoms with Crippen molar-refractivity contribution in [2.45, 2.75) is 13.0 Å². The van der Waals surface area contributed by atoms with E-state index in [4.69, 9.17) is 11.6 Å². The second-order valence-corrected chi connectivity index (χ2v) is 4.64. The lowest BCUT2D eigenvalue weighted by Crippen LogP contribution is -2.32. The number of halogens is 1. The minimum absolute atomic E-state index is 0.00574. The Bertz CT molecular complexity index is 519. The van der Waals surface area contributed by atoms with E-state index >= 15 is 0 Å². The molecule has 1 aromatic carbocycles. The minimum atomic E-state index is -0.360. The monoisotopic (exact) mass is 247 g/mol. The van der Waals surface area contributed by atoms with Crippen LogP contribution in [0.1, 0.15) is 24.1 Å². The fourth-order valence-corrected chi connectivity index (χ4v) is 2.22. The third kappa shape index (κ3) is 2.01. The molecule has 0 bridgehead atoms. The average molecular weight is 248 g/mol. The average Bonchev–Trinajstić information content (AvgIpc) is 2.30. The summed E-state index contributed by atoms with van der Waals surface area (Å²) in [7, 11) is 1.82. The summed E-state index contributed by atoms with van der Waals surface area (Å²) >= 11 is 6.14. The Morgan fingerprint density at radius 1 is 1.41 bits per heavy atom. The van der Waals surface area contributed by atoms with Gasteiger partial charge in [0, 0.05) is 7.05 Å². The lowest BCUT2D eigenvalue weighted by molar-refractivity contribution is -0.119. The molecule has 0 saturated carbocycles. The van der Waals surface area contributed by atoms with Gasteiger partial charge in [-0.25, -0.2) is 0 Å². The van der Waals surface area contributed by atoms with Crippen LogP contribution in [0.15, 0.2) is 41.6 Å². The first kappa shape index (κ1) is 11.9. The third-order valence-electron chi connectivity index (χ3n) is 2.96. The number of rotatable bonds is 2. The zero-order valence-electron chi connectivity index (χ0n) is 9.90. The van der Waals surface area contributed by atoms with Gasteiger partial charge in [-0.15, -0.1) is 0 Å². The van der Waals surface area contributed by atoms with E-state index < -0.39 is 0 Å².